The smallest absolute Gasteiger partial charge is 0.191 e. The van der Waals surface area contributed by atoms with Crippen molar-refractivity contribution in [2.24, 2.45) is 4.99 Å². The average Bonchev–Trinajstić information content (AvgIpc) is 3.17. The molecule has 7 heteroatoms. The number of nitrogens with one attached hydrogen (secondary N) is 2. The summed E-state index contributed by atoms with van der Waals surface area (Å²) in [7, 11) is 1.83. The van der Waals surface area contributed by atoms with Crippen molar-refractivity contribution in [1.29, 1.82) is 0 Å². The molecule has 0 bridgehead atoms. The van der Waals surface area contributed by atoms with Crippen molar-refractivity contribution in [1.82, 2.24) is 10.6 Å². The van der Waals surface area contributed by atoms with E-state index >= 15 is 0 Å². The third-order valence-electron chi connectivity index (χ3n) is 4.52. The average molecular weight is 476 g/mol. The van der Waals surface area contributed by atoms with Crippen LogP contribution >= 0.6 is 35.7 Å². The van der Waals surface area contributed by atoms with Crippen LogP contribution in [-0.2, 0) is 11.3 Å². The highest BCUT2D eigenvalue weighted by molar-refractivity contribution is 14.0. The minimum atomic E-state index is 0. The molecule has 0 spiro atoms. The minimum Gasteiger partial charge on any atom is -0.378 e. The summed E-state index contributed by atoms with van der Waals surface area (Å²) in [5, 5.41) is 7.58. The Morgan fingerprint density at radius 3 is 2.64 bits per heavy atom. The molecule has 5 nitrogen and oxygen atoms in total. The molecule has 0 aromatic heterocycles. The van der Waals surface area contributed by atoms with Crippen LogP contribution in [0.25, 0.3) is 0 Å². The molecular weight excluding hydrogens is 447 g/mol. The van der Waals surface area contributed by atoms with Gasteiger partial charge in [0.15, 0.2) is 5.96 Å². The van der Waals surface area contributed by atoms with Crippen molar-refractivity contribution < 1.29 is 4.74 Å². The Balaban J connectivity index is 0.00000225. The Morgan fingerprint density at radius 2 is 2.00 bits per heavy atom. The second-order valence-electron chi connectivity index (χ2n) is 6.21. The molecule has 140 valence electrons. The van der Waals surface area contributed by atoms with Crippen LogP contribution in [0, 0.1) is 0 Å². The summed E-state index contributed by atoms with van der Waals surface area (Å²) in [6, 6.07) is 8.79. The van der Waals surface area contributed by atoms with Gasteiger partial charge in [0.05, 0.1) is 13.2 Å². The number of hydrogen-bond donors (Lipinski definition) is 2. The Hall–Kier alpha value is -0.670. The van der Waals surface area contributed by atoms with Crippen molar-refractivity contribution in [3.8, 4) is 0 Å². The number of ether oxygens (including phenoxy) is 1. The van der Waals surface area contributed by atoms with E-state index in [4.69, 9.17) is 4.74 Å². The molecule has 2 N–H and O–H groups in total. The van der Waals surface area contributed by atoms with Crippen molar-refractivity contribution in [2.45, 2.75) is 24.6 Å². The number of aliphatic imine (C=N–C) groups is 1. The molecule has 2 heterocycles. The van der Waals surface area contributed by atoms with E-state index in [1.54, 1.807) is 0 Å². The van der Waals surface area contributed by atoms with Gasteiger partial charge in [0, 0.05) is 44.2 Å². The lowest BCUT2D eigenvalue weighted by molar-refractivity contribution is 0.122. The summed E-state index contributed by atoms with van der Waals surface area (Å²) in [5.41, 5.74) is 2.55. The lowest BCUT2D eigenvalue weighted by atomic mass is 10.2. The van der Waals surface area contributed by atoms with Crippen molar-refractivity contribution in [2.75, 3.05) is 50.5 Å². The maximum absolute atomic E-state index is 5.41. The number of benzene rings is 1. The van der Waals surface area contributed by atoms with Gasteiger partial charge in [-0.25, -0.2) is 0 Å². The van der Waals surface area contributed by atoms with E-state index in [2.05, 4.69) is 56.6 Å². The molecule has 0 amide bonds. The zero-order valence-corrected chi connectivity index (χ0v) is 18.0. The molecule has 0 aliphatic carbocycles. The number of morpholine rings is 1. The van der Waals surface area contributed by atoms with Crippen LogP contribution in [0.5, 0.6) is 0 Å². The number of nitrogens with zero attached hydrogens (tertiary/aromatic N) is 2. The van der Waals surface area contributed by atoms with Crippen LogP contribution in [-0.4, -0.2) is 56.9 Å². The van der Waals surface area contributed by atoms with Crippen LogP contribution in [0.2, 0.25) is 0 Å². The third-order valence-corrected chi connectivity index (χ3v) is 5.92. The molecule has 1 atom stereocenters. The van der Waals surface area contributed by atoms with E-state index in [-0.39, 0.29) is 24.0 Å². The van der Waals surface area contributed by atoms with Crippen molar-refractivity contribution in [3.05, 3.63) is 29.8 Å². The molecule has 25 heavy (non-hydrogen) atoms. The van der Waals surface area contributed by atoms with Gasteiger partial charge in [0.1, 0.15) is 0 Å². The fourth-order valence-corrected chi connectivity index (χ4v) is 4.27. The number of thioether (sulfide) groups is 1. The summed E-state index contributed by atoms with van der Waals surface area (Å²) in [4.78, 5) is 6.69. The first kappa shape index (κ1) is 20.6. The molecule has 0 radical (unpaired) electrons. The third kappa shape index (κ3) is 6.53. The van der Waals surface area contributed by atoms with Crippen LogP contribution in [0.15, 0.2) is 29.3 Å². The fraction of sp³-hybridized carbons (Fsp3) is 0.611. The van der Waals surface area contributed by atoms with E-state index in [1.807, 2.05) is 7.05 Å². The van der Waals surface area contributed by atoms with Crippen molar-refractivity contribution >= 4 is 47.4 Å². The van der Waals surface area contributed by atoms with Gasteiger partial charge < -0.3 is 20.3 Å². The highest BCUT2D eigenvalue weighted by Gasteiger charge is 2.15. The maximum atomic E-state index is 5.41. The molecule has 1 unspecified atom stereocenters. The lowest BCUT2D eigenvalue weighted by Crippen LogP contribution is -2.39. The van der Waals surface area contributed by atoms with Crippen LogP contribution in [0.3, 0.4) is 0 Å². The zero-order chi connectivity index (χ0) is 16.6. The van der Waals surface area contributed by atoms with Gasteiger partial charge in [-0.1, -0.05) is 12.1 Å². The second-order valence-corrected chi connectivity index (χ2v) is 7.62. The quantitative estimate of drug-likeness (QED) is 0.389. The number of halogens is 1. The number of rotatable bonds is 5. The Kier molecular flexibility index (Phi) is 9.19. The number of hydrogen-bond acceptors (Lipinski definition) is 4. The van der Waals surface area contributed by atoms with Gasteiger partial charge in [-0.15, -0.1) is 24.0 Å². The van der Waals surface area contributed by atoms with Gasteiger partial charge in [-0.05, 0) is 36.3 Å². The van der Waals surface area contributed by atoms with E-state index in [9.17, 15) is 0 Å². The van der Waals surface area contributed by atoms with Gasteiger partial charge in [-0.2, -0.15) is 11.8 Å². The molecule has 3 rings (SSSR count). The second kappa shape index (κ2) is 11.1. The molecule has 2 aliphatic heterocycles. The Bertz CT molecular complexity index is 528. The molecule has 1 aromatic carbocycles. The Morgan fingerprint density at radius 1 is 1.24 bits per heavy atom. The highest BCUT2D eigenvalue weighted by Crippen LogP contribution is 2.25. The highest BCUT2D eigenvalue weighted by atomic mass is 127. The van der Waals surface area contributed by atoms with Crippen molar-refractivity contribution in [3.63, 3.8) is 0 Å². The van der Waals surface area contributed by atoms with Gasteiger partial charge in [0.25, 0.3) is 0 Å². The first-order valence-corrected chi connectivity index (χ1v) is 9.88. The maximum Gasteiger partial charge on any atom is 0.191 e. The molecular formula is C18H29IN4OS. The molecule has 0 saturated carbocycles. The SMILES string of the molecule is CN=C(NCc1ccc(N2CCOCC2)cc1)NCC1CCCS1.I. The standard InChI is InChI=1S/C18H28N4OS.HI/c1-19-18(21-14-17-3-2-12-24-17)20-13-15-4-6-16(7-5-15)22-8-10-23-11-9-22;/h4-7,17H,2-3,8-14H2,1H3,(H2,19,20,21);1H. The number of guanidine groups is 1. The van der Waals surface area contributed by atoms with Gasteiger partial charge in [-0.3, -0.25) is 4.99 Å². The normalized spacial score (nSPS) is 20.9. The van der Waals surface area contributed by atoms with Crippen LogP contribution in [0.4, 0.5) is 5.69 Å². The Labute approximate surface area is 172 Å². The topological polar surface area (TPSA) is 48.9 Å². The molecule has 2 fully saturated rings. The van der Waals surface area contributed by atoms with Gasteiger partial charge in [0.2, 0.25) is 0 Å². The summed E-state index contributed by atoms with van der Waals surface area (Å²) < 4.78 is 5.41. The zero-order valence-electron chi connectivity index (χ0n) is 14.9. The largest absolute Gasteiger partial charge is 0.378 e. The molecule has 2 saturated heterocycles. The predicted molar refractivity (Wildman–Crippen MR) is 119 cm³/mol. The lowest BCUT2D eigenvalue weighted by Gasteiger charge is -2.29. The van der Waals surface area contributed by atoms with E-state index in [0.29, 0.717) is 0 Å². The predicted octanol–water partition coefficient (Wildman–Crippen LogP) is 2.70. The van der Waals surface area contributed by atoms with E-state index in [1.165, 1.54) is 29.8 Å². The van der Waals surface area contributed by atoms with Crippen LogP contribution < -0.4 is 15.5 Å². The van der Waals surface area contributed by atoms with E-state index < -0.39 is 0 Å². The fourth-order valence-electron chi connectivity index (χ4n) is 3.07. The molecule has 1 aromatic rings. The number of anilines is 1. The molecule has 2 aliphatic rings. The monoisotopic (exact) mass is 476 g/mol. The summed E-state index contributed by atoms with van der Waals surface area (Å²) in [6.07, 6.45) is 2.66. The van der Waals surface area contributed by atoms with E-state index in [0.717, 1.165) is 50.6 Å². The minimum absolute atomic E-state index is 0. The summed E-state index contributed by atoms with van der Waals surface area (Å²) in [5.74, 6) is 2.19. The summed E-state index contributed by atoms with van der Waals surface area (Å²) in [6.45, 7) is 5.40. The summed E-state index contributed by atoms with van der Waals surface area (Å²) >= 11 is 2.07. The van der Waals surface area contributed by atoms with Crippen LogP contribution in [0.1, 0.15) is 18.4 Å². The van der Waals surface area contributed by atoms with Gasteiger partial charge >= 0.3 is 0 Å². The first-order valence-electron chi connectivity index (χ1n) is 8.83. The first-order chi connectivity index (χ1) is 11.8.